The van der Waals surface area contributed by atoms with Crippen LogP contribution in [0.25, 0.3) is 0 Å². The molecule has 0 unspecified atom stereocenters. The molecule has 2 N–H and O–H groups in total. The van der Waals surface area contributed by atoms with Crippen LogP contribution in [0.4, 0.5) is 5.69 Å². The van der Waals surface area contributed by atoms with Gasteiger partial charge in [0, 0.05) is 5.69 Å². The van der Waals surface area contributed by atoms with Gasteiger partial charge in [-0.2, -0.15) is 0 Å². The van der Waals surface area contributed by atoms with E-state index in [9.17, 15) is 13.2 Å². The minimum absolute atomic E-state index is 0.0714. The van der Waals surface area contributed by atoms with Crippen LogP contribution in [0.1, 0.15) is 20.3 Å². The van der Waals surface area contributed by atoms with E-state index in [2.05, 4.69) is 4.72 Å². The van der Waals surface area contributed by atoms with Crippen LogP contribution in [0.2, 0.25) is 0 Å². The molecule has 0 aliphatic rings. The second-order valence-corrected chi connectivity index (χ2v) is 6.65. The Kier molecular flexibility index (Phi) is 5.82. The van der Waals surface area contributed by atoms with Crippen molar-refractivity contribution < 1.29 is 23.1 Å². The number of sulfonamides is 1. The molecule has 0 aliphatic carbocycles. The molecule has 7 heteroatoms. The highest BCUT2D eigenvalue weighted by molar-refractivity contribution is 7.92. The Morgan fingerprint density at radius 1 is 1.30 bits per heavy atom. The molecule has 0 aliphatic heterocycles. The topological polar surface area (TPSA) is 92.7 Å². The molecule has 0 atom stereocenters. The van der Waals surface area contributed by atoms with E-state index in [4.69, 9.17) is 9.84 Å². The zero-order valence-electron chi connectivity index (χ0n) is 11.5. The number of hydrogen-bond acceptors (Lipinski definition) is 4. The number of aliphatic carboxylic acids is 1. The fraction of sp³-hybridized carbons (Fsp3) is 0.462. The molecule has 0 heterocycles. The van der Waals surface area contributed by atoms with Gasteiger partial charge in [-0.15, -0.1) is 0 Å². The molecule has 6 nitrogen and oxygen atoms in total. The van der Waals surface area contributed by atoms with Gasteiger partial charge < -0.3 is 9.84 Å². The number of nitrogens with one attached hydrogen (secondary N) is 1. The highest BCUT2D eigenvalue weighted by Crippen LogP contribution is 2.17. The van der Waals surface area contributed by atoms with Gasteiger partial charge in [0.15, 0.2) is 6.61 Å². The van der Waals surface area contributed by atoms with E-state index in [1.165, 1.54) is 24.3 Å². The van der Waals surface area contributed by atoms with E-state index in [-0.39, 0.29) is 5.75 Å². The minimum atomic E-state index is -3.35. The number of anilines is 1. The maximum atomic E-state index is 11.8. The fourth-order valence-electron chi connectivity index (χ4n) is 1.39. The summed E-state index contributed by atoms with van der Waals surface area (Å²) in [5.41, 5.74) is 0.427. The number of carbonyl (C=O) groups is 1. The third-order valence-corrected chi connectivity index (χ3v) is 3.77. The Balaban J connectivity index is 2.58. The van der Waals surface area contributed by atoms with Crippen molar-refractivity contribution in [3.8, 4) is 5.75 Å². The highest BCUT2D eigenvalue weighted by atomic mass is 32.2. The number of ether oxygens (including phenoxy) is 1. The molecule has 112 valence electrons. The van der Waals surface area contributed by atoms with Crippen LogP contribution >= 0.6 is 0 Å². The van der Waals surface area contributed by atoms with Crippen molar-refractivity contribution in [1.82, 2.24) is 0 Å². The second kappa shape index (κ2) is 7.14. The largest absolute Gasteiger partial charge is 0.482 e. The number of carboxylic acids is 1. The lowest BCUT2D eigenvalue weighted by Crippen LogP contribution is -2.17. The van der Waals surface area contributed by atoms with E-state index in [0.717, 1.165) is 0 Å². The first-order valence-corrected chi connectivity index (χ1v) is 7.89. The molecule has 0 aromatic heterocycles. The maximum Gasteiger partial charge on any atom is 0.341 e. The van der Waals surface area contributed by atoms with Crippen molar-refractivity contribution in [3.05, 3.63) is 24.3 Å². The molecule has 0 saturated heterocycles. The zero-order valence-corrected chi connectivity index (χ0v) is 12.3. The average molecular weight is 301 g/mol. The van der Waals surface area contributed by atoms with Crippen molar-refractivity contribution in [2.24, 2.45) is 5.92 Å². The summed E-state index contributed by atoms with van der Waals surface area (Å²) < 4.78 is 31.0. The van der Waals surface area contributed by atoms with Gasteiger partial charge in [-0.05, 0) is 36.6 Å². The standard InChI is InChI=1S/C13H19NO5S/c1-10(2)7-8-20(17,18)14-11-3-5-12(6-4-11)19-9-13(15)16/h3-6,10,14H,7-9H2,1-2H3,(H,15,16). The lowest BCUT2D eigenvalue weighted by molar-refractivity contribution is -0.139. The summed E-state index contributed by atoms with van der Waals surface area (Å²) in [4.78, 5) is 10.3. The van der Waals surface area contributed by atoms with Crippen molar-refractivity contribution in [2.75, 3.05) is 17.1 Å². The number of carboxylic acid groups (broad SMARTS) is 1. The van der Waals surface area contributed by atoms with Gasteiger partial charge >= 0.3 is 5.97 Å². The van der Waals surface area contributed by atoms with Crippen LogP contribution in [-0.2, 0) is 14.8 Å². The third-order valence-electron chi connectivity index (χ3n) is 2.45. The van der Waals surface area contributed by atoms with Gasteiger partial charge in [0.25, 0.3) is 0 Å². The average Bonchev–Trinajstić information content (AvgIpc) is 2.35. The summed E-state index contributed by atoms with van der Waals surface area (Å²) in [6, 6.07) is 6.10. The van der Waals surface area contributed by atoms with Crippen LogP contribution < -0.4 is 9.46 Å². The summed E-state index contributed by atoms with van der Waals surface area (Å²) >= 11 is 0. The van der Waals surface area contributed by atoms with Gasteiger partial charge in [0.1, 0.15) is 5.75 Å². The normalized spacial score (nSPS) is 11.3. The highest BCUT2D eigenvalue weighted by Gasteiger charge is 2.11. The van der Waals surface area contributed by atoms with Crippen LogP contribution in [-0.4, -0.2) is 31.9 Å². The van der Waals surface area contributed by atoms with E-state index >= 15 is 0 Å². The number of benzene rings is 1. The third kappa shape index (κ3) is 6.42. The van der Waals surface area contributed by atoms with Crippen molar-refractivity contribution in [2.45, 2.75) is 20.3 Å². The first-order chi connectivity index (χ1) is 9.28. The van der Waals surface area contributed by atoms with Crippen molar-refractivity contribution in [1.29, 1.82) is 0 Å². The van der Waals surface area contributed by atoms with Crippen LogP contribution in [0.15, 0.2) is 24.3 Å². The Morgan fingerprint density at radius 3 is 2.40 bits per heavy atom. The molecule has 0 saturated carbocycles. The first-order valence-electron chi connectivity index (χ1n) is 6.23. The predicted molar refractivity (Wildman–Crippen MR) is 76.4 cm³/mol. The van der Waals surface area contributed by atoms with Gasteiger partial charge in [0.2, 0.25) is 10.0 Å². The first kappa shape index (κ1) is 16.3. The van der Waals surface area contributed by atoms with Gasteiger partial charge in [-0.3, -0.25) is 4.72 Å². The molecule has 1 aromatic rings. The SMILES string of the molecule is CC(C)CCS(=O)(=O)Nc1ccc(OCC(=O)O)cc1. The quantitative estimate of drug-likeness (QED) is 0.765. The van der Waals surface area contributed by atoms with E-state index < -0.39 is 22.6 Å². The number of rotatable bonds is 8. The van der Waals surface area contributed by atoms with E-state index in [0.29, 0.717) is 23.8 Å². The summed E-state index contributed by atoms with van der Waals surface area (Å²) in [5, 5.41) is 8.47. The minimum Gasteiger partial charge on any atom is -0.482 e. The van der Waals surface area contributed by atoms with Gasteiger partial charge in [0.05, 0.1) is 5.75 Å². The van der Waals surface area contributed by atoms with Crippen LogP contribution in [0.3, 0.4) is 0 Å². The molecule has 0 spiro atoms. The Labute approximate surface area is 118 Å². The summed E-state index contributed by atoms with van der Waals surface area (Å²) in [6.07, 6.45) is 0.592. The molecular weight excluding hydrogens is 282 g/mol. The molecule has 1 rings (SSSR count). The summed E-state index contributed by atoms with van der Waals surface area (Å²) in [6.45, 7) is 3.49. The number of hydrogen-bond donors (Lipinski definition) is 2. The molecule has 0 amide bonds. The van der Waals surface area contributed by atoms with Gasteiger partial charge in [-0.1, -0.05) is 13.8 Å². The lowest BCUT2D eigenvalue weighted by Gasteiger charge is -2.10. The van der Waals surface area contributed by atoms with Crippen LogP contribution in [0, 0.1) is 5.92 Å². The Bertz CT molecular complexity index is 536. The van der Waals surface area contributed by atoms with E-state index in [1.54, 1.807) is 0 Å². The van der Waals surface area contributed by atoms with Gasteiger partial charge in [-0.25, -0.2) is 13.2 Å². The van der Waals surface area contributed by atoms with E-state index in [1.807, 2.05) is 13.8 Å². The summed E-state index contributed by atoms with van der Waals surface area (Å²) in [5.74, 6) is -0.304. The molecular formula is C13H19NO5S. The fourth-order valence-corrected chi connectivity index (χ4v) is 2.76. The maximum absolute atomic E-state index is 11.8. The van der Waals surface area contributed by atoms with Crippen LogP contribution in [0.5, 0.6) is 5.75 Å². The smallest absolute Gasteiger partial charge is 0.341 e. The Hall–Kier alpha value is -1.76. The second-order valence-electron chi connectivity index (χ2n) is 4.81. The molecule has 20 heavy (non-hydrogen) atoms. The molecule has 0 bridgehead atoms. The molecule has 0 radical (unpaired) electrons. The monoisotopic (exact) mass is 301 g/mol. The summed E-state index contributed by atoms with van der Waals surface area (Å²) in [7, 11) is -3.35. The molecule has 0 fully saturated rings. The molecule has 1 aromatic carbocycles. The van der Waals surface area contributed by atoms with Crippen molar-refractivity contribution in [3.63, 3.8) is 0 Å². The predicted octanol–water partition coefficient (Wildman–Crippen LogP) is 1.94. The Morgan fingerprint density at radius 2 is 1.90 bits per heavy atom. The van der Waals surface area contributed by atoms with Crippen molar-refractivity contribution >= 4 is 21.7 Å². The zero-order chi connectivity index (χ0) is 15.2. The lowest BCUT2D eigenvalue weighted by atomic mass is 10.2.